The van der Waals surface area contributed by atoms with Gasteiger partial charge in [-0.15, -0.1) is 16.9 Å². The first kappa shape index (κ1) is 20.3. The van der Waals surface area contributed by atoms with Gasteiger partial charge in [0.05, 0.1) is 6.61 Å². The number of carbonyl (C=O) groups excluding carboxylic acids is 1. The summed E-state index contributed by atoms with van der Waals surface area (Å²) in [6, 6.07) is 14.9. The highest BCUT2D eigenvalue weighted by atomic mass is 35.5. The van der Waals surface area contributed by atoms with Crippen molar-refractivity contribution in [2.75, 3.05) is 17.7 Å². The summed E-state index contributed by atoms with van der Waals surface area (Å²) in [5.74, 6) is 1.63. The first-order valence-corrected chi connectivity index (χ1v) is 10.7. The lowest BCUT2D eigenvalue weighted by molar-refractivity contribution is -0.115. The van der Waals surface area contributed by atoms with E-state index in [9.17, 15) is 4.79 Å². The van der Waals surface area contributed by atoms with Gasteiger partial charge in [0, 0.05) is 27.5 Å². The molecule has 4 aromatic rings. The van der Waals surface area contributed by atoms with Gasteiger partial charge in [-0.2, -0.15) is 0 Å². The molecule has 0 atom stereocenters. The number of nitrogens with zero attached hydrogens (tertiary/aromatic N) is 2. The number of aromatic nitrogens is 2. The SMILES string of the molecule is CCOc1cccc2cc(-c3nnc(NC(=O)CCSc4ccc(Cl)cc4)o3)oc12. The topological polar surface area (TPSA) is 90.4 Å². The number of rotatable bonds is 8. The molecule has 0 fully saturated rings. The number of halogens is 1. The molecular weight excluding hydrogens is 426 g/mol. The zero-order valence-corrected chi connectivity index (χ0v) is 17.6. The van der Waals surface area contributed by atoms with Crippen LogP contribution in [0.4, 0.5) is 6.01 Å². The lowest BCUT2D eigenvalue weighted by atomic mass is 10.2. The number of carbonyl (C=O) groups is 1. The van der Waals surface area contributed by atoms with E-state index in [0.717, 1.165) is 10.3 Å². The van der Waals surface area contributed by atoms with Crippen molar-refractivity contribution < 1.29 is 18.4 Å². The summed E-state index contributed by atoms with van der Waals surface area (Å²) in [6.07, 6.45) is 0.299. The van der Waals surface area contributed by atoms with Crippen molar-refractivity contribution in [3.63, 3.8) is 0 Å². The summed E-state index contributed by atoms with van der Waals surface area (Å²) < 4.78 is 16.9. The third-order valence-corrected chi connectivity index (χ3v) is 5.37. The Labute approximate surface area is 181 Å². The van der Waals surface area contributed by atoms with E-state index in [-0.39, 0.29) is 17.8 Å². The van der Waals surface area contributed by atoms with Crippen LogP contribution in [0.5, 0.6) is 5.75 Å². The fraction of sp³-hybridized carbons (Fsp3) is 0.190. The van der Waals surface area contributed by atoms with Gasteiger partial charge in [-0.1, -0.05) is 28.8 Å². The maximum atomic E-state index is 12.1. The molecule has 1 amide bonds. The molecule has 0 aliphatic rings. The van der Waals surface area contributed by atoms with Crippen molar-refractivity contribution in [1.29, 1.82) is 0 Å². The number of hydrogen-bond acceptors (Lipinski definition) is 7. The second kappa shape index (κ2) is 9.23. The molecule has 154 valence electrons. The Bertz CT molecular complexity index is 1160. The van der Waals surface area contributed by atoms with Gasteiger partial charge in [0.1, 0.15) is 0 Å². The van der Waals surface area contributed by atoms with E-state index >= 15 is 0 Å². The zero-order chi connectivity index (χ0) is 20.9. The summed E-state index contributed by atoms with van der Waals surface area (Å²) >= 11 is 7.43. The number of anilines is 1. The number of furan rings is 1. The smallest absolute Gasteiger partial charge is 0.322 e. The molecule has 0 saturated carbocycles. The molecular formula is C21H18ClN3O4S. The molecule has 7 nitrogen and oxygen atoms in total. The molecule has 30 heavy (non-hydrogen) atoms. The van der Waals surface area contributed by atoms with Crippen molar-refractivity contribution in [3.05, 3.63) is 53.6 Å². The molecule has 0 saturated heterocycles. The van der Waals surface area contributed by atoms with Gasteiger partial charge < -0.3 is 13.6 Å². The number of nitrogens with one attached hydrogen (secondary N) is 1. The van der Waals surface area contributed by atoms with E-state index in [0.29, 0.717) is 40.9 Å². The van der Waals surface area contributed by atoms with E-state index in [2.05, 4.69) is 15.5 Å². The lowest BCUT2D eigenvalue weighted by Crippen LogP contribution is -2.12. The Morgan fingerprint density at radius 2 is 2.00 bits per heavy atom. The van der Waals surface area contributed by atoms with Crippen LogP contribution in [-0.2, 0) is 4.79 Å². The Morgan fingerprint density at radius 3 is 2.80 bits per heavy atom. The van der Waals surface area contributed by atoms with E-state index in [1.807, 2.05) is 49.4 Å². The number of hydrogen-bond donors (Lipinski definition) is 1. The average molecular weight is 444 g/mol. The average Bonchev–Trinajstić information content (AvgIpc) is 3.37. The standard InChI is InChI=1S/C21H18ClN3O4S/c1-2-27-16-5-3-4-13-12-17(28-19(13)16)20-24-25-21(29-20)23-18(26)10-11-30-15-8-6-14(22)7-9-15/h3-9,12H,2,10-11H2,1H3,(H,23,25,26). The van der Waals surface area contributed by atoms with E-state index in [1.54, 1.807) is 17.8 Å². The van der Waals surface area contributed by atoms with Crippen LogP contribution in [0.25, 0.3) is 22.6 Å². The maximum Gasteiger partial charge on any atom is 0.322 e. The summed E-state index contributed by atoms with van der Waals surface area (Å²) in [7, 11) is 0. The first-order chi connectivity index (χ1) is 14.6. The second-order valence-electron chi connectivity index (χ2n) is 6.23. The Kier molecular flexibility index (Phi) is 6.25. The monoisotopic (exact) mass is 443 g/mol. The summed E-state index contributed by atoms with van der Waals surface area (Å²) in [4.78, 5) is 13.2. The van der Waals surface area contributed by atoms with Gasteiger partial charge in [0.25, 0.3) is 5.89 Å². The molecule has 0 radical (unpaired) electrons. The van der Waals surface area contributed by atoms with Gasteiger partial charge in [0.2, 0.25) is 5.91 Å². The van der Waals surface area contributed by atoms with Crippen LogP contribution in [0, 0.1) is 0 Å². The molecule has 0 aliphatic carbocycles. The normalized spacial score (nSPS) is 11.0. The minimum atomic E-state index is -0.213. The third-order valence-electron chi connectivity index (χ3n) is 4.10. The predicted molar refractivity (Wildman–Crippen MR) is 116 cm³/mol. The van der Waals surface area contributed by atoms with Gasteiger partial charge in [-0.25, -0.2) is 0 Å². The first-order valence-electron chi connectivity index (χ1n) is 9.30. The zero-order valence-electron chi connectivity index (χ0n) is 16.1. The van der Waals surface area contributed by atoms with Crippen molar-refractivity contribution in [2.45, 2.75) is 18.2 Å². The Morgan fingerprint density at radius 1 is 1.17 bits per heavy atom. The molecule has 2 aromatic carbocycles. The van der Waals surface area contributed by atoms with Crippen LogP contribution >= 0.6 is 23.4 Å². The fourth-order valence-corrected chi connectivity index (χ4v) is 3.74. The number of amides is 1. The highest BCUT2D eigenvalue weighted by Crippen LogP contribution is 2.33. The molecule has 0 aliphatic heterocycles. The summed E-state index contributed by atoms with van der Waals surface area (Å²) in [5, 5.41) is 12.0. The van der Waals surface area contributed by atoms with Gasteiger partial charge in [-0.05, 0) is 43.3 Å². The largest absolute Gasteiger partial charge is 0.490 e. The summed E-state index contributed by atoms with van der Waals surface area (Å²) in [6.45, 7) is 2.44. The molecule has 0 unspecified atom stereocenters. The quantitative estimate of drug-likeness (QED) is 0.351. The van der Waals surface area contributed by atoms with E-state index in [1.165, 1.54) is 0 Å². The van der Waals surface area contributed by atoms with Crippen LogP contribution < -0.4 is 10.1 Å². The highest BCUT2D eigenvalue weighted by molar-refractivity contribution is 7.99. The molecule has 4 rings (SSSR count). The predicted octanol–water partition coefficient (Wildman–Crippen LogP) is 5.66. The van der Waals surface area contributed by atoms with E-state index < -0.39 is 0 Å². The molecule has 1 N–H and O–H groups in total. The van der Waals surface area contributed by atoms with Crippen LogP contribution in [0.2, 0.25) is 5.02 Å². The number of ether oxygens (including phenoxy) is 1. The van der Waals surface area contributed by atoms with E-state index in [4.69, 9.17) is 25.2 Å². The van der Waals surface area contributed by atoms with Crippen LogP contribution in [0.15, 0.2) is 62.3 Å². The van der Waals surface area contributed by atoms with Gasteiger partial charge >= 0.3 is 6.01 Å². The molecule has 2 aromatic heterocycles. The fourth-order valence-electron chi connectivity index (χ4n) is 2.76. The van der Waals surface area contributed by atoms with Gasteiger partial charge in [0.15, 0.2) is 17.1 Å². The lowest BCUT2D eigenvalue weighted by Gasteiger charge is -2.02. The molecule has 2 heterocycles. The molecule has 9 heteroatoms. The van der Waals surface area contributed by atoms with Crippen molar-refractivity contribution in [1.82, 2.24) is 10.2 Å². The number of thioether (sulfide) groups is 1. The summed E-state index contributed by atoms with van der Waals surface area (Å²) in [5.41, 5.74) is 0.609. The third kappa shape index (κ3) is 4.77. The second-order valence-corrected chi connectivity index (χ2v) is 7.84. The minimum absolute atomic E-state index is 0.0250. The number of benzene rings is 2. The Hall–Kier alpha value is -2.97. The van der Waals surface area contributed by atoms with Crippen LogP contribution in [0.1, 0.15) is 13.3 Å². The van der Waals surface area contributed by atoms with Crippen molar-refractivity contribution >= 4 is 46.3 Å². The van der Waals surface area contributed by atoms with Crippen molar-refractivity contribution in [3.8, 4) is 17.4 Å². The maximum absolute atomic E-state index is 12.1. The Balaban J connectivity index is 1.37. The highest BCUT2D eigenvalue weighted by Gasteiger charge is 2.17. The number of para-hydroxylation sites is 1. The van der Waals surface area contributed by atoms with Crippen molar-refractivity contribution in [2.24, 2.45) is 0 Å². The molecule has 0 spiro atoms. The molecule has 0 bridgehead atoms. The minimum Gasteiger partial charge on any atom is -0.490 e. The van der Waals surface area contributed by atoms with Crippen LogP contribution in [0.3, 0.4) is 0 Å². The van der Waals surface area contributed by atoms with Gasteiger partial charge in [-0.3, -0.25) is 10.1 Å². The van der Waals surface area contributed by atoms with Crippen LogP contribution in [-0.4, -0.2) is 28.5 Å². The number of fused-ring (bicyclic) bond motifs is 1.